The van der Waals surface area contributed by atoms with Crippen molar-refractivity contribution in [2.45, 2.75) is 6.92 Å². The fraction of sp³-hybridized carbons (Fsp3) is 0.0769. The molecule has 0 unspecified atom stereocenters. The summed E-state index contributed by atoms with van der Waals surface area (Å²) in [6.07, 6.45) is 1.56. The van der Waals surface area contributed by atoms with Crippen molar-refractivity contribution in [1.29, 1.82) is 5.26 Å². The van der Waals surface area contributed by atoms with Crippen molar-refractivity contribution in [2.75, 3.05) is 5.32 Å². The number of hydrogen-bond acceptors (Lipinski definition) is 3. The van der Waals surface area contributed by atoms with Crippen molar-refractivity contribution < 1.29 is 0 Å². The van der Waals surface area contributed by atoms with E-state index in [1.54, 1.807) is 30.5 Å². The maximum Gasteiger partial charge on any atom is 0.142 e. The van der Waals surface area contributed by atoms with Crippen molar-refractivity contribution in [3.05, 3.63) is 51.8 Å². The Hall–Kier alpha value is -1.76. The topological polar surface area (TPSA) is 48.7 Å². The van der Waals surface area contributed by atoms with Crippen LogP contribution in [0.25, 0.3) is 0 Å². The predicted octanol–water partition coefficient (Wildman–Crippen LogP) is 4.31. The standard InChI is InChI=1S/C13H9Cl2N3/c1-8-4-12(15)13(6-11(8)14)18-9-2-3-17-10(5-9)7-16/h2-6H,1H3,(H,17,18). The normalized spacial score (nSPS) is 9.89. The average molecular weight is 278 g/mol. The van der Waals surface area contributed by atoms with Crippen LogP contribution in [0, 0.1) is 18.3 Å². The van der Waals surface area contributed by atoms with Gasteiger partial charge in [-0.3, -0.25) is 0 Å². The molecule has 1 aromatic heterocycles. The molecule has 1 heterocycles. The largest absolute Gasteiger partial charge is 0.354 e. The molecule has 0 aliphatic carbocycles. The first-order chi connectivity index (χ1) is 8.60. The highest BCUT2D eigenvalue weighted by Gasteiger charge is 2.05. The molecule has 0 saturated carbocycles. The van der Waals surface area contributed by atoms with Crippen LogP contribution in [0.5, 0.6) is 0 Å². The number of aryl methyl sites for hydroxylation is 1. The minimum absolute atomic E-state index is 0.342. The van der Waals surface area contributed by atoms with E-state index in [0.29, 0.717) is 21.4 Å². The van der Waals surface area contributed by atoms with Crippen LogP contribution in [0.3, 0.4) is 0 Å². The summed E-state index contributed by atoms with van der Waals surface area (Å²) in [7, 11) is 0. The Balaban J connectivity index is 2.34. The minimum Gasteiger partial charge on any atom is -0.354 e. The van der Waals surface area contributed by atoms with Crippen LogP contribution < -0.4 is 5.32 Å². The molecule has 0 atom stereocenters. The first kappa shape index (κ1) is 12.7. The number of halogens is 2. The van der Waals surface area contributed by atoms with Gasteiger partial charge in [0.1, 0.15) is 11.8 Å². The fourth-order valence-corrected chi connectivity index (χ4v) is 1.90. The lowest BCUT2D eigenvalue weighted by molar-refractivity contribution is 1.26. The van der Waals surface area contributed by atoms with Crippen LogP contribution in [0.15, 0.2) is 30.5 Å². The molecule has 0 bridgehead atoms. The molecule has 2 aromatic rings. The molecule has 0 saturated heterocycles. The smallest absolute Gasteiger partial charge is 0.142 e. The molecule has 0 radical (unpaired) electrons. The van der Waals surface area contributed by atoms with E-state index >= 15 is 0 Å². The second-order valence-corrected chi connectivity index (χ2v) is 4.56. The van der Waals surface area contributed by atoms with Gasteiger partial charge in [-0.1, -0.05) is 23.2 Å². The number of nitriles is 1. The summed E-state index contributed by atoms with van der Waals surface area (Å²) in [6.45, 7) is 1.89. The molecule has 0 amide bonds. The van der Waals surface area contributed by atoms with Gasteiger partial charge in [0.05, 0.1) is 10.7 Å². The zero-order chi connectivity index (χ0) is 13.1. The number of aromatic nitrogens is 1. The highest BCUT2D eigenvalue weighted by molar-refractivity contribution is 6.35. The van der Waals surface area contributed by atoms with E-state index in [1.807, 2.05) is 13.0 Å². The summed E-state index contributed by atoms with van der Waals surface area (Å²) in [5.74, 6) is 0. The van der Waals surface area contributed by atoms with Crippen LogP contribution >= 0.6 is 23.2 Å². The molecule has 0 fully saturated rings. The number of benzene rings is 1. The Labute approximate surface area is 115 Å². The fourth-order valence-electron chi connectivity index (χ4n) is 1.47. The third-order valence-corrected chi connectivity index (χ3v) is 3.12. The van der Waals surface area contributed by atoms with Crippen molar-refractivity contribution in [3.63, 3.8) is 0 Å². The average Bonchev–Trinajstić information content (AvgIpc) is 2.36. The van der Waals surface area contributed by atoms with E-state index in [4.69, 9.17) is 28.5 Å². The maximum atomic E-state index is 8.78. The van der Waals surface area contributed by atoms with Crippen LogP contribution in [0.2, 0.25) is 10.0 Å². The number of nitrogens with one attached hydrogen (secondary N) is 1. The van der Waals surface area contributed by atoms with E-state index in [0.717, 1.165) is 11.3 Å². The number of anilines is 2. The number of pyridine rings is 1. The summed E-state index contributed by atoms with van der Waals surface area (Å²) in [6, 6.07) is 8.92. The molecule has 1 aromatic carbocycles. The summed E-state index contributed by atoms with van der Waals surface area (Å²) >= 11 is 12.2. The molecular formula is C13H9Cl2N3. The zero-order valence-electron chi connectivity index (χ0n) is 9.54. The van der Waals surface area contributed by atoms with Gasteiger partial charge in [-0.2, -0.15) is 5.26 Å². The molecular weight excluding hydrogens is 269 g/mol. The van der Waals surface area contributed by atoms with Crippen LogP contribution in [0.4, 0.5) is 11.4 Å². The maximum absolute atomic E-state index is 8.78. The van der Waals surface area contributed by atoms with Gasteiger partial charge in [0.2, 0.25) is 0 Å². The third kappa shape index (κ3) is 2.73. The second-order valence-electron chi connectivity index (χ2n) is 3.75. The van der Waals surface area contributed by atoms with Crippen LogP contribution in [-0.2, 0) is 0 Å². The first-order valence-electron chi connectivity index (χ1n) is 5.19. The molecule has 5 heteroatoms. The van der Waals surface area contributed by atoms with Crippen molar-refractivity contribution in [3.8, 4) is 6.07 Å². The number of nitrogens with zero attached hydrogens (tertiary/aromatic N) is 2. The molecule has 18 heavy (non-hydrogen) atoms. The quantitative estimate of drug-likeness (QED) is 0.890. The van der Waals surface area contributed by atoms with Gasteiger partial charge in [0, 0.05) is 16.9 Å². The van der Waals surface area contributed by atoms with Gasteiger partial charge in [-0.25, -0.2) is 4.98 Å². The van der Waals surface area contributed by atoms with Gasteiger partial charge in [-0.05, 0) is 36.8 Å². The lowest BCUT2D eigenvalue weighted by Crippen LogP contribution is -1.94. The Morgan fingerprint density at radius 3 is 2.72 bits per heavy atom. The lowest BCUT2D eigenvalue weighted by Gasteiger charge is -2.10. The van der Waals surface area contributed by atoms with Gasteiger partial charge in [0.15, 0.2) is 0 Å². The van der Waals surface area contributed by atoms with E-state index in [1.165, 1.54) is 0 Å². The van der Waals surface area contributed by atoms with Crippen molar-refractivity contribution >= 4 is 34.6 Å². The van der Waals surface area contributed by atoms with E-state index in [-0.39, 0.29) is 0 Å². The van der Waals surface area contributed by atoms with Crippen molar-refractivity contribution in [2.24, 2.45) is 0 Å². The monoisotopic (exact) mass is 277 g/mol. The molecule has 0 spiro atoms. The Kier molecular flexibility index (Phi) is 3.71. The minimum atomic E-state index is 0.342. The van der Waals surface area contributed by atoms with E-state index < -0.39 is 0 Å². The SMILES string of the molecule is Cc1cc(Cl)c(Nc2ccnc(C#N)c2)cc1Cl. The first-order valence-corrected chi connectivity index (χ1v) is 5.94. The summed E-state index contributed by atoms with van der Waals surface area (Å²) < 4.78 is 0. The third-order valence-electron chi connectivity index (χ3n) is 2.40. The summed E-state index contributed by atoms with van der Waals surface area (Å²) in [5.41, 5.74) is 2.69. The molecule has 3 nitrogen and oxygen atoms in total. The highest BCUT2D eigenvalue weighted by atomic mass is 35.5. The van der Waals surface area contributed by atoms with Gasteiger partial charge in [-0.15, -0.1) is 0 Å². The molecule has 1 N–H and O–H groups in total. The highest BCUT2D eigenvalue weighted by Crippen LogP contribution is 2.30. The van der Waals surface area contributed by atoms with Crippen LogP contribution in [0.1, 0.15) is 11.3 Å². The molecule has 0 aliphatic heterocycles. The van der Waals surface area contributed by atoms with Gasteiger partial charge >= 0.3 is 0 Å². The Bertz CT molecular complexity index is 633. The zero-order valence-corrected chi connectivity index (χ0v) is 11.0. The number of rotatable bonds is 2. The van der Waals surface area contributed by atoms with Crippen molar-refractivity contribution in [1.82, 2.24) is 4.98 Å². The lowest BCUT2D eigenvalue weighted by atomic mass is 10.2. The summed E-state index contributed by atoms with van der Waals surface area (Å²) in [5, 5.41) is 13.1. The Morgan fingerprint density at radius 1 is 1.22 bits per heavy atom. The van der Waals surface area contributed by atoms with E-state index in [9.17, 15) is 0 Å². The van der Waals surface area contributed by atoms with Crippen LogP contribution in [-0.4, -0.2) is 4.98 Å². The predicted molar refractivity (Wildman–Crippen MR) is 73.4 cm³/mol. The number of hydrogen-bond donors (Lipinski definition) is 1. The second kappa shape index (κ2) is 5.26. The van der Waals surface area contributed by atoms with E-state index in [2.05, 4.69) is 10.3 Å². The molecule has 2 rings (SSSR count). The Morgan fingerprint density at radius 2 is 2.00 bits per heavy atom. The molecule has 0 aliphatic rings. The molecule has 90 valence electrons. The van der Waals surface area contributed by atoms with Gasteiger partial charge in [0.25, 0.3) is 0 Å². The summed E-state index contributed by atoms with van der Waals surface area (Å²) in [4.78, 5) is 3.89. The van der Waals surface area contributed by atoms with Gasteiger partial charge < -0.3 is 5.32 Å².